The minimum atomic E-state index is -0.551. The van der Waals surface area contributed by atoms with Crippen molar-refractivity contribution in [3.05, 3.63) is 64.4 Å². The average Bonchev–Trinajstić information content (AvgIpc) is 2.38. The molecular weight excluding hydrogens is 279 g/mol. The molecule has 0 fully saturated rings. The lowest BCUT2D eigenvalue weighted by Gasteiger charge is -2.10. The monoisotopic (exact) mass is 292 g/mol. The molecule has 0 aliphatic carbocycles. The second-order valence-electron chi connectivity index (χ2n) is 4.54. The van der Waals surface area contributed by atoms with E-state index in [1.54, 1.807) is 6.07 Å². The normalized spacial score (nSPS) is 10.3. The van der Waals surface area contributed by atoms with Crippen LogP contribution in [-0.2, 0) is 17.8 Å². The molecule has 0 saturated carbocycles. The number of halogens is 2. The van der Waals surface area contributed by atoms with Crippen LogP contribution in [0.4, 0.5) is 4.39 Å². The topological polar surface area (TPSA) is 26.3 Å². The van der Waals surface area contributed by atoms with Gasteiger partial charge in [0.15, 0.2) is 11.6 Å². The number of benzene rings is 2. The van der Waals surface area contributed by atoms with E-state index < -0.39 is 5.82 Å². The van der Waals surface area contributed by atoms with Crippen LogP contribution in [0.1, 0.15) is 18.1 Å². The van der Waals surface area contributed by atoms with Crippen molar-refractivity contribution in [2.45, 2.75) is 20.0 Å². The molecule has 0 bridgehead atoms. The van der Waals surface area contributed by atoms with Crippen molar-refractivity contribution in [1.29, 1.82) is 0 Å². The third-order valence-corrected chi connectivity index (χ3v) is 3.02. The highest BCUT2D eigenvalue weighted by Crippen LogP contribution is 2.30. The maximum absolute atomic E-state index is 13.9. The highest BCUT2D eigenvalue weighted by atomic mass is 35.5. The van der Waals surface area contributed by atoms with E-state index in [9.17, 15) is 9.18 Å². The lowest BCUT2D eigenvalue weighted by atomic mass is 10.1. The molecule has 0 radical (unpaired) electrons. The summed E-state index contributed by atoms with van der Waals surface area (Å²) in [5.74, 6) is -0.578. The molecule has 0 heterocycles. The number of hydrogen-bond donors (Lipinski definition) is 0. The lowest BCUT2D eigenvalue weighted by molar-refractivity contribution is -0.116. The SMILES string of the molecule is CC(=O)Cc1cc(F)c(OCc2ccccc2)c(Cl)c1. The maximum Gasteiger partial charge on any atom is 0.174 e. The molecule has 0 aliphatic heterocycles. The Kier molecular flexibility index (Phi) is 4.74. The van der Waals surface area contributed by atoms with Crippen LogP contribution in [-0.4, -0.2) is 5.78 Å². The highest BCUT2D eigenvalue weighted by Gasteiger charge is 2.12. The quantitative estimate of drug-likeness (QED) is 0.826. The first-order valence-corrected chi connectivity index (χ1v) is 6.58. The van der Waals surface area contributed by atoms with E-state index in [1.807, 2.05) is 30.3 Å². The summed E-state index contributed by atoms with van der Waals surface area (Å²) in [7, 11) is 0. The molecule has 2 aromatic carbocycles. The summed E-state index contributed by atoms with van der Waals surface area (Å²) < 4.78 is 19.4. The number of ether oxygens (including phenoxy) is 1. The van der Waals surface area contributed by atoms with Crippen molar-refractivity contribution in [2.75, 3.05) is 0 Å². The van der Waals surface area contributed by atoms with Gasteiger partial charge in [0.25, 0.3) is 0 Å². The fourth-order valence-corrected chi connectivity index (χ4v) is 2.15. The molecule has 0 unspecified atom stereocenters. The maximum atomic E-state index is 13.9. The summed E-state index contributed by atoms with van der Waals surface area (Å²) in [4.78, 5) is 11.0. The summed E-state index contributed by atoms with van der Waals surface area (Å²) in [6.45, 7) is 1.69. The molecule has 0 aliphatic rings. The smallest absolute Gasteiger partial charge is 0.174 e. The van der Waals surface area contributed by atoms with Crippen molar-refractivity contribution in [2.24, 2.45) is 0 Å². The molecule has 0 saturated heterocycles. The number of Topliss-reactive ketones (excluding diaryl/α,β-unsaturated/α-hetero) is 1. The van der Waals surface area contributed by atoms with Crippen LogP contribution in [0.25, 0.3) is 0 Å². The summed E-state index contributed by atoms with van der Waals surface area (Å²) >= 11 is 6.01. The molecule has 0 N–H and O–H groups in total. The van der Waals surface area contributed by atoms with Crippen LogP contribution < -0.4 is 4.74 Å². The molecule has 0 atom stereocenters. The summed E-state index contributed by atoms with van der Waals surface area (Å²) in [6, 6.07) is 12.3. The summed E-state index contributed by atoms with van der Waals surface area (Å²) in [6.07, 6.45) is 0.162. The minimum absolute atomic E-state index is 0.0165. The Bertz CT molecular complexity index is 588. The third kappa shape index (κ3) is 3.81. The molecule has 0 aromatic heterocycles. The van der Waals surface area contributed by atoms with Crippen LogP contribution in [0, 0.1) is 5.82 Å². The highest BCUT2D eigenvalue weighted by molar-refractivity contribution is 6.32. The predicted octanol–water partition coefficient (Wildman–Crippen LogP) is 4.19. The first-order chi connectivity index (χ1) is 9.56. The Morgan fingerprint density at radius 3 is 2.50 bits per heavy atom. The van der Waals surface area contributed by atoms with Gasteiger partial charge in [-0.05, 0) is 30.2 Å². The fourth-order valence-electron chi connectivity index (χ4n) is 1.87. The van der Waals surface area contributed by atoms with Gasteiger partial charge in [0.05, 0.1) is 5.02 Å². The molecule has 20 heavy (non-hydrogen) atoms. The number of ketones is 1. The minimum Gasteiger partial charge on any atom is -0.484 e. The van der Waals surface area contributed by atoms with Crippen molar-refractivity contribution in [3.63, 3.8) is 0 Å². The van der Waals surface area contributed by atoms with Crippen molar-refractivity contribution in [1.82, 2.24) is 0 Å². The third-order valence-electron chi connectivity index (χ3n) is 2.74. The molecule has 4 heteroatoms. The molecule has 2 rings (SSSR count). The van der Waals surface area contributed by atoms with Gasteiger partial charge in [-0.3, -0.25) is 4.79 Å². The van der Waals surface area contributed by atoms with Crippen LogP contribution in [0.3, 0.4) is 0 Å². The average molecular weight is 293 g/mol. The Balaban J connectivity index is 2.14. The van der Waals surface area contributed by atoms with Crippen molar-refractivity contribution < 1.29 is 13.9 Å². The summed E-state index contributed by atoms with van der Waals surface area (Å²) in [5.41, 5.74) is 1.47. The standard InChI is InChI=1S/C16H14ClFO2/c1-11(19)7-13-8-14(17)16(15(18)9-13)20-10-12-5-3-2-4-6-12/h2-6,8-9H,7,10H2,1H3. The molecule has 2 nitrogen and oxygen atoms in total. The van der Waals surface area contributed by atoms with Crippen LogP contribution >= 0.6 is 11.6 Å². The number of carbonyl (C=O) groups is 1. The Labute approximate surface area is 122 Å². The van der Waals surface area contributed by atoms with E-state index in [4.69, 9.17) is 16.3 Å². The van der Waals surface area contributed by atoms with Crippen LogP contribution in [0.15, 0.2) is 42.5 Å². The zero-order valence-corrected chi connectivity index (χ0v) is 11.8. The van der Waals surface area contributed by atoms with Crippen molar-refractivity contribution in [3.8, 4) is 5.75 Å². The van der Waals surface area contributed by atoms with Crippen molar-refractivity contribution >= 4 is 17.4 Å². The van der Waals surface area contributed by atoms with E-state index in [0.717, 1.165) is 5.56 Å². The molecular formula is C16H14ClFO2. The zero-order chi connectivity index (χ0) is 14.5. The molecule has 2 aromatic rings. The molecule has 0 amide bonds. The first kappa shape index (κ1) is 14.5. The fraction of sp³-hybridized carbons (Fsp3) is 0.188. The number of hydrogen-bond acceptors (Lipinski definition) is 2. The largest absolute Gasteiger partial charge is 0.484 e. The van der Waals surface area contributed by atoms with Gasteiger partial charge in [0.2, 0.25) is 0 Å². The van der Waals surface area contributed by atoms with E-state index in [-0.39, 0.29) is 29.6 Å². The Hall–Kier alpha value is -1.87. The zero-order valence-electron chi connectivity index (χ0n) is 11.0. The Morgan fingerprint density at radius 2 is 1.90 bits per heavy atom. The van der Waals surface area contributed by atoms with Crippen LogP contribution in [0.2, 0.25) is 5.02 Å². The van der Waals surface area contributed by atoms with Gasteiger partial charge < -0.3 is 4.74 Å². The van der Waals surface area contributed by atoms with E-state index in [1.165, 1.54) is 13.0 Å². The number of rotatable bonds is 5. The van der Waals surface area contributed by atoms with Gasteiger partial charge in [0.1, 0.15) is 12.4 Å². The van der Waals surface area contributed by atoms with Gasteiger partial charge in [-0.2, -0.15) is 0 Å². The lowest BCUT2D eigenvalue weighted by Crippen LogP contribution is -2.01. The predicted molar refractivity (Wildman–Crippen MR) is 76.6 cm³/mol. The Morgan fingerprint density at radius 1 is 1.20 bits per heavy atom. The number of carbonyl (C=O) groups excluding carboxylic acids is 1. The van der Waals surface area contributed by atoms with Gasteiger partial charge in [0, 0.05) is 6.42 Å². The summed E-state index contributed by atoms with van der Waals surface area (Å²) in [5, 5.41) is 0.178. The first-order valence-electron chi connectivity index (χ1n) is 6.20. The van der Waals surface area contributed by atoms with Gasteiger partial charge in [-0.1, -0.05) is 41.9 Å². The van der Waals surface area contributed by atoms with Crippen LogP contribution in [0.5, 0.6) is 5.75 Å². The van der Waals surface area contributed by atoms with Gasteiger partial charge >= 0.3 is 0 Å². The van der Waals surface area contributed by atoms with Gasteiger partial charge in [-0.15, -0.1) is 0 Å². The van der Waals surface area contributed by atoms with E-state index in [0.29, 0.717) is 5.56 Å². The van der Waals surface area contributed by atoms with E-state index in [2.05, 4.69) is 0 Å². The second-order valence-corrected chi connectivity index (χ2v) is 4.95. The van der Waals surface area contributed by atoms with Gasteiger partial charge in [-0.25, -0.2) is 4.39 Å². The second kappa shape index (κ2) is 6.53. The van der Waals surface area contributed by atoms with E-state index >= 15 is 0 Å². The molecule has 104 valence electrons. The molecule has 0 spiro atoms.